The first-order valence-corrected chi connectivity index (χ1v) is 2.08. The predicted molar refractivity (Wildman–Crippen MR) is 25.4 cm³/mol. The summed E-state index contributed by atoms with van der Waals surface area (Å²) >= 11 is 0. The van der Waals surface area contributed by atoms with E-state index in [1.54, 1.807) is 0 Å². The highest BCUT2D eigenvalue weighted by atomic mass is 16.7. The second-order valence-electron chi connectivity index (χ2n) is 1.50. The minimum Gasteiger partial charge on any atom is -0.476 e. The molecule has 0 aliphatic rings. The van der Waals surface area contributed by atoms with Gasteiger partial charge in [-0.05, 0) is 0 Å². The zero-order chi connectivity index (χ0) is 7.49. The minimum absolute atomic E-state index is 0.131. The maximum Gasteiger partial charge on any atom is 0.376 e. The van der Waals surface area contributed by atoms with E-state index in [1.165, 1.54) is 0 Å². The molecule has 0 fully saturated rings. The Kier molecular flexibility index (Phi) is 2.15. The van der Waals surface area contributed by atoms with E-state index in [1.807, 2.05) is 0 Å². The third-order valence-corrected chi connectivity index (χ3v) is 0.674. The molecular formula is C4H6O5. The molecule has 0 radical (unpaired) electrons. The van der Waals surface area contributed by atoms with Crippen molar-refractivity contribution in [2.24, 2.45) is 0 Å². The molecule has 0 amide bonds. The molecule has 0 aliphatic heterocycles. The van der Waals surface area contributed by atoms with Crippen LogP contribution in [0.4, 0.5) is 0 Å². The quantitative estimate of drug-likeness (QED) is 0.380. The van der Waals surface area contributed by atoms with Crippen LogP contribution in [0.3, 0.4) is 0 Å². The van der Waals surface area contributed by atoms with Crippen molar-refractivity contribution in [2.45, 2.75) is 12.7 Å². The van der Waals surface area contributed by atoms with Gasteiger partial charge >= 0.3 is 11.8 Å². The lowest BCUT2D eigenvalue weighted by Crippen LogP contribution is -2.37. The Morgan fingerprint density at radius 2 is 2.22 bits per heavy atom. The molecule has 0 spiro atoms. The van der Waals surface area contributed by atoms with E-state index in [9.17, 15) is 9.59 Å². The molecule has 2 N–H and O–H groups in total. The summed E-state index contributed by atoms with van der Waals surface area (Å²) in [5.41, 5.74) is 0. The summed E-state index contributed by atoms with van der Waals surface area (Å²) in [6, 6.07) is 0. The van der Waals surface area contributed by atoms with Crippen LogP contribution in [0.1, 0.15) is 6.92 Å². The maximum absolute atomic E-state index is 9.88. The number of hydrogen-bond donors (Lipinski definition) is 2. The number of carbonyl (C=O) groups is 2. The Bertz CT molecular complexity index is 127. The van der Waals surface area contributed by atoms with Gasteiger partial charge in [0, 0.05) is 6.92 Å². The average molecular weight is 134 g/mol. The maximum atomic E-state index is 9.88. The summed E-state index contributed by atoms with van der Waals surface area (Å²) < 4.78 is 3.77. The largest absolute Gasteiger partial charge is 0.476 e. The Morgan fingerprint density at radius 3 is 2.33 bits per heavy atom. The van der Waals surface area contributed by atoms with Crippen molar-refractivity contribution >= 4 is 12.4 Å². The summed E-state index contributed by atoms with van der Waals surface area (Å²) in [4.78, 5) is 19.4. The van der Waals surface area contributed by atoms with E-state index < -0.39 is 11.8 Å². The van der Waals surface area contributed by atoms with Crippen LogP contribution in [-0.4, -0.2) is 28.4 Å². The first-order valence-electron chi connectivity index (χ1n) is 2.08. The van der Waals surface area contributed by atoms with Crippen molar-refractivity contribution in [1.29, 1.82) is 0 Å². The molecule has 1 unspecified atom stereocenters. The van der Waals surface area contributed by atoms with Gasteiger partial charge in [-0.25, -0.2) is 4.79 Å². The molecule has 5 heteroatoms. The van der Waals surface area contributed by atoms with Crippen LogP contribution in [0.2, 0.25) is 0 Å². The lowest BCUT2D eigenvalue weighted by atomic mass is 10.3. The number of carboxylic acids is 1. The summed E-state index contributed by atoms with van der Waals surface area (Å²) in [7, 11) is 0. The fraction of sp³-hybridized carbons (Fsp3) is 0.500. The summed E-state index contributed by atoms with van der Waals surface area (Å²) in [5, 5.41) is 16.6. The second-order valence-corrected chi connectivity index (χ2v) is 1.50. The van der Waals surface area contributed by atoms with Gasteiger partial charge in [0.25, 0.3) is 6.47 Å². The third-order valence-electron chi connectivity index (χ3n) is 0.674. The first kappa shape index (κ1) is 7.90. The molecule has 5 nitrogen and oxygen atoms in total. The van der Waals surface area contributed by atoms with Crippen LogP contribution >= 0.6 is 0 Å². The SMILES string of the molecule is CC(O)(OC=O)C(=O)O. The topological polar surface area (TPSA) is 83.8 Å². The molecule has 0 aromatic rings. The van der Waals surface area contributed by atoms with Crippen molar-refractivity contribution in [3.63, 3.8) is 0 Å². The van der Waals surface area contributed by atoms with E-state index in [0.29, 0.717) is 0 Å². The van der Waals surface area contributed by atoms with Gasteiger partial charge in [0.15, 0.2) is 0 Å². The number of rotatable bonds is 3. The normalized spacial score (nSPS) is 15.8. The number of carboxylic acid groups (broad SMARTS) is 1. The molecule has 0 bridgehead atoms. The highest BCUT2D eigenvalue weighted by Crippen LogP contribution is 2.01. The smallest absolute Gasteiger partial charge is 0.376 e. The van der Waals surface area contributed by atoms with Gasteiger partial charge < -0.3 is 14.9 Å². The van der Waals surface area contributed by atoms with Crippen molar-refractivity contribution in [1.82, 2.24) is 0 Å². The van der Waals surface area contributed by atoms with Gasteiger partial charge in [0.1, 0.15) is 0 Å². The van der Waals surface area contributed by atoms with Gasteiger partial charge in [0.2, 0.25) is 0 Å². The van der Waals surface area contributed by atoms with E-state index in [2.05, 4.69) is 4.74 Å². The average Bonchev–Trinajstić information content (AvgIpc) is 1.65. The fourth-order valence-electron chi connectivity index (χ4n) is 0.144. The van der Waals surface area contributed by atoms with Crippen LogP contribution in [0.5, 0.6) is 0 Å². The number of hydrogen-bond acceptors (Lipinski definition) is 4. The van der Waals surface area contributed by atoms with Crippen molar-refractivity contribution in [3.05, 3.63) is 0 Å². The highest BCUT2D eigenvalue weighted by molar-refractivity contribution is 5.75. The lowest BCUT2D eigenvalue weighted by molar-refractivity contribution is -0.209. The number of aliphatic hydroxyl groups is 1. The van der Waals surface area contributed by atoms with Gasteiger partial charge in [-0.1, -0.05) is 0 Å². The van der Waals surface area contributed by atoms with Crippen LogP contribution < -0.4 is 0 Å². The Labute approximate surface area is 50.9 Å². The van der Waals surface area contributed by atoms with E-state index in [0.717, 1.165) is 6.92 Å². The van der Waals surface area contributed by atoms with Crippen molar-refractivity contribution < 1.29 is 24.5 Å². The molecule has 0 heterocycles. The Morgan fingerprint density at radius 1 is 1.78 bits per heavy atom. The number of aliphatic carboxylic acids is 1. The van der Waals surface area contributed by atoms with Gasteiger partial charge in [0.05, 0.1) is 0 Å². The van der Waals surface area contributed by atoms with Crippen LogP contribution in [-0.2, 0) is 14.3 Å². The molecule has 0 saturated carbocycles. The van der Waals surface area contributed by atoms with E-state index >= 15 is 0 Å². The highest BCUT2D eigenvalue weighted by Gasteiger charge is 2.31. The number of ether oxygens (including phenoxy) is 1. The standard InChI is InChI=1S/C4H6O5/c1-4(8,3(6)7)9-2-5/h2,8H,1H3,(H,6,7). The minimum atomic E-state index is -2.40. The molecule has 1 atom stereocenters. The predicted octanol–water partition coefficient (Wildman–Crippen LogP) is -1.05. The van der Waals surface area contributed by atoms with Crippen molar-refractivity contribution in [3.8, 4) is 0 Å². The summed E-state index contributed by atoms with van der Waals surface area (Å²) in [6.45, 7) is 0.720. The monoisotopic (exact) mass is 134 g/mol. The summed E-state index contributed by atoms with van der Waals surface area (Å²) in [5.74, 6) is -4.00. The summed E-state index contributed by atoms with van der Waals surface area (Å²) in [6.07, 6.45) is 0. The van der Waals surface area contributed by atoms with Crippen LogP contribution in [0.25, 0.3) is 0 Å². The molecular weight excluding hydrogens is 128 g/mol. The molecule has 9 heavy (non-hydrogen) atoms. The fourth-order valence-corrected chi connectivity index (χ4v) is 0.144. The third kappa shape index (κ3) is 2.09. The zero-order valence-corrected chi connectivity index (χ0v) is 4.70. The molecule has 52 valence electrons. The second kappa shape index (κ2) is 2.45. The zero-order valence-electron chi connectivity index (χ0n) is 4.70. The number of carbonyl (C=O) groups excluding carboxylic acids is 1. The molecule has 0 aromatic heterocycles. The van der Waals surface area contributed by atoms with Gasteiger partial charge in [-0.15, -0.1) is 0 Å². The van der Waals surface area contributed by atoms with Crippen LogP contribution in [0, 0.1) is 0 Å². The molecule has 0 rings (SSSR count). The lowest BCUT2D eigenvalue weighted by Gasteiger charge is -2.13. The van der Waals surface area contributed by atoms with Gasteiger partial charge in [-0.3, -0.25) is 4.79 Å². The van der Waals surface area contributed by atoms with Gasteiger partial charge in [-0.2, -0.15) is 0 Å². The molecule has 0 aromatic carbocycles. The van der Waals surface area contributed by atoms with E-state index in [-0.39, 0.29) is 6.47 Å². The van der Waals surface area contributed by atoms with Crippen LogP contribution in [0.15, 0.2) is 0 Å². The Hall–Kier alpha value is -1.10. The first-order chi connectivity index (χ1) is 4.00. The Balaban J connectivity index is 4.00. The molecule has 0 aliphatic carbocycles. The van der Waals surface area contributed by atoms with E-state index in [4.69, 9.17) is 10.2 Å². The molecule has 0 saturated heterocycles. The van der Waals surface area contributed by atoms with Crippen molar-refractivity contribution in [2.75, 3.05) is 0 Å².